The molecule has 1 saturated heterocycles. The van der Waals surface area contributed by atoms with Gasteiger partial charge in [0.05, 0.1) is 12.1 Å². The maximum atomic E-state index is 14.2. The van der Waals surface area contributed by atoms with E-state index < -0.39 is 29.2 Å². The van der Waals surface area contributed by atoms with Gasteiger partial charge >= 0.3 is 0 Å². The van der Waals surface area contributed by atoms with E-state index in [-0.39, 0.29) is 17.3 Å². The molecule has 1 spiro atoms. The Kier molecular flexibility index (Phi) is 4.45. The van der Waals surface area contributed by atoms with Crippen molar-refractivity contribution in [3.63, 3.8) is 0 Å². The van der Waals surface area contributed by atoms with E-state index in [4.69, 9.17) is 11.6 Å². The van der Waals surface area contributed by atoms with E-state index in [9.17, 15) is 18.8 Å². The fourth-order valence-corrected chi connectivity index (χ4v) is 6.32. The number of halogens is 2. The van der Waals surface area contributed by atoms with Crippen molar-refractivity contribution in [2.75, 3.05) is 4.90 Å². The zero-order chi connectivity index (χ0) is 23.8. The normalized spacial score (nSPS) is 23.7. The standard InChI is InChI=1S/C28H19ClFNO3/c1-15(32)25-24(16-6-10-19(30)11-7-16)28(26(33)20-4-2-3-5-21(20)27(28)34)23-13-8-17-14-18(29)9-12-22(17)31(23)25/h2-14,23-25H,1H3/t23-,24-,25-/m1/s1. The van der Waals surface area contributed by atoms with E-state index in [2.05, 4.69) is 0 Å². The molecule has 0 bridgehead atoms. The lowest BCUT2D eigenvalue weighted by molar-refractivity contribution is -0.118. The van der Waals surface area contributed by atoms with Crippen LogP contribution in [0.5, 0.6) is 0 Å². The van der Waals surface area contributed by atoms with Crippen molar-refractivity contribution in [3.05, 3.63) is 106 Å². The molecular weight excluding hydrogens is 453 g/mol. The summed E-state index contributed by atoms with van der Waals surface area (Å²) in [6, 6.07) is 16.4. The van der Waals surface area contributed by atoms with Gasteiger partial charge in [0, 0.05) is 27.8 Å². The molecule has 0 radical (unpaired) electrons. The van der Waals surface area contributed by atoms with Crippen LogP contribution < -0.4 is 4.90 Å². The minimum Gasteiger partial charge on any atom is -0.352 e. The van der Waals surface area contributed by atoms with Gasteiger partial charge in [0.25, 0.3) is 0 Å². The molecule has 6 rings (SSSR count). The van der Waals surface area contributed by atoms with Gasteiger partial charge in [-0.1, -0.05) is 60.2 Å². The average molecular weight is 472 g/mol. The third-order valence-electron chi connectivity index (χ3n) is 7.41. The van der Waals surface area contributed by atoms with Gasteiger partial charge in [-0.2, -0.15) is 0 Å². The van der Waals surface area contributed by atoms with Gasteiger partial charge in [0.15, 0.2) is 17.3 Å². The Labute approximate surface area is 200 Å². The summed E-state index contributed by atoms with van der Waals surface area (Å²) < 4.78 is 13.9. The highest BCUT2D eigenvalue weighted by Gasteiger charge is 2.71. The lowest BCUT2D eigenvalue weighted by atomic mass is 9.64. The molecule has 1 aliphatic carbocycles. The van der Waals surface area contributed by atoms with Crippen molar-refractivity contribution in [1.82, 2.24) is 0 Å². The SMILES string of the molecule is CC(=O)[C@@H]1[C@@H](c2ccc(F)cc2)C2(C(=O)c3ccccc3C2=O)[C@H]2C=Cc3cc(Cl)ccc3N12. The molecule has 168 valence electrons. The second-order valence-electron chi connectivity index (χ2n) is 9.07. The number of ketones is 3. The van der Waals surface area contributed by atoms with Gasteiger partial charge in [-0.25, -0.2) is 4.39 Å². The van der Waals surface area contributed by atoms with Gasteiger partial charge < -0.3 is 4.90 Å². The first-order valence-corrected chi connectivity index (χ1v) is 11.4. The van der Waals surface area contributed by atoms with Crippen molar-refractivity contribution in [3.8, 4) is 0 Å². The third-order valence-corrected chi connectivity index (χ3v) is 7.65. The maximum absolute atomic E-state index is 14.2. The summed E-state index contributed by atoms with van der Waals surface area (Å²) in [5.41, 5.74) is 1.29. The quantitative estimate of drug-likeness (QED) is 0.463. The van der Waals surface area contributed by atoms with E-state index in [0.717, 1.165) is 11.3 Å². The number of Topliss-reactive ketones (excluding diaryl/α,β-unsaturated/α-hetero) is 3. The topological polar surface area (TPSA) is 54.5 Å². The predicted molar refractivity (Wildman–Crippen MR) is 128 cm³/mol. The fraction of sp³-hybridized carbons (Fsp3) is 0.179. The Morgan fingerprint density at radius 1 is 0.971 bits per heavy atom. The first-order valence-electron chi connectivity index (χ1n) is 11.1. The molecule has 3 aliphatic rings. The van der Waals surface area contributed by atoms with Crippen LogP contribution in [0, 0.1) is 11.2 Å². The molecule has 2 aliphatic heterocycles. The van der Waals surface area contributed by atoms with Gasteiger partial charge in [-0.3, -0.25) is 14.4 Å². The first-order chi connectivity index (χ1) is 16.4. The number of carbonyl (C=O) groups is 3. The van der Waals surface area contributed by atoms with Crippen molar-refractivity contribution < 1.29 is 18.8 Å². The van der Waals surface area contributed by atoms with Crippen LogP contribution in [0.4, 0.5) is 10.1 Å². The van der Waals surface area contributed by atoms with Crippen LogP contribution in [-0.4, -0.2) is 29.4 Å². The largest absolute Gasteiger partial charge is 0.352 e. The summed E-state index contributed by atoms with van der Waals surface area (Å²) in [4.78, 5) is 43.5. The molecule has 4 nitrogen and oxygen atoms in total. The maximum Gasteiger partial charge on any atom is 0.180 e. The molecule has 3 aromatic rings. The number of anilines is 1. The van der Waals surface area contributed by atoms with Crippen LogP contribution in [-0.2, 0) is 4.79 Å². The van der Waals surface area contributed by atoms with E-state index in [1.165, 1.54) is 19.1 Å². The zero-order valence-electron chi connectivity index (χ0n) is 18.2. The number of benzene rings is 3. The molecule has 0 unspecified atom stereocenters. The summed E-state index contributed by atoms with van der Waals surface area (Å²) in [6.45, 7) is 1.47. The first kappa shape index (κ1) is 21.0. The number of rotatable bonds is 2. The highest BCUT2D eigenvalue weighted by Crippen LogP contribution is 2.60. The molecule has 6 heteroatoms. The van der Waals surface area contributed by atoms with Crippen molar-refractivity contribution in [2.24, 2.45) is 5.41 Å². The van der Waals surface area contributed by atoms with Crippen LogP contribution in [0.2, 0.25) is 5.02 Å². The van der Waals surface area contributed by atoms with E-state index >= 15 is 0 Å². The monoisotopic (exact) mass is 471 g/mol. The van der Waals surface area contributed by atoms with Crippen LogP contribution in [0.15, 0.2) is 72.8 Å². The van der Waals surface area contributed by atoms with Crippen molar-refractivity contribution >= 4 is 40.7 Å². The van der Waals surface area contributed by atoms with Crippen molar-refractivity contribution in [1.29, 1.82) is 0 Å². The van der Waals surface area contributed by atoms with E-state index in [0.29, 0.717) is 21.7 Å². The second-order valence-corrected chi connectivity index (χ2v) is 9.51. The Balaban J connectivity index is 1.68. The summed E-state index contributed by atoms with van der Waals surface area (Å²) in [5, 5.41) is 0.547. The smallest absolute Gasteiger partial charge is 0.180 e. The Hall–Kier alpha value is -3.57. The Bertz CT molecular complexity index is 1390. The minimum atomic E-state index is -1.55. The van der Waals surface area contributed by atoms with Crippen molar-refractivity contribution in [2.45, 2.75) is 24.9 Å². The third kappa shape index (κ3) is 2.56. The van der Waals surface area contributed by atoms with Crippen LogP contribution >= 0.6 is 11.6 Å². The van der Waals surface area contributed by atoms with E-state index in [1.54, 1.807) is 48.5 Å². The fourth-order valence-electron chi connectivity index (χ4n) is 6.14. The number of fused-ring (bicyclic) bond motifs is 5. The molecule has 0 saturated carbocycles. The predicted octanol–water partition coefficient (Wildman–Crippen LogP) is 5.50. The van der Waals surface area contributed by atoms with Gasteiger partial charge in [-0.05, 0) is 48.4 Å². The molecule has 34 heavy (non-hydrogen) atoms. The lowest BCUT2D eigenvalue weighted by Gasteiger charge is -2.37. The average Bonchev–Trinajstić information content (AvgIpc) is 3.26. The van der Waals surface area contributed by atoms with Gasteiger partial charge in [0.2, 0.25) is 0 Å². The van der Waals surface area contributed by atoms with Crippen LogP contribution in [0.1, 0.15) is 44.7 Å². The highest BCUT2D eigenvalue weighted by atomic mass is 35.5. The number of carbonyl (C=O) groups excluding carboxylic acids is 3. The van der Waals surface area contributed by atoms with Gasteiger partial charge in [-0.15, -0.1) is 0 Å². The minimum absolute atomic E-state index is 0.177. The molecular formula is C28H19ClFNO3. The summed E-state index contributed by atoms with van der Waals surface area (Å²) in [7, 11) is 0. The highest BCUT2D eigenvalue weighted by molar-refractivity contribution is 6.32. The van der Waals surface area contributed by atoms with Gasteiger partial charge in [0.1, 0.15) is 11.2 Å². The number of hydrogen-bond donors (Lipinski definition) is 0. The number of nitrogens with zero attached hydrogens (tertiary/aromatic N) is 1. The molecule has 2 heterocycles. The molecule has 0 N–H and O–H groups in total. The summed E-state index contributed by atoms with van der Waals surface area (Å²) in [6.07, 6.45) is 3.69. The summed E-state index contributed by atoms with van der Waals surface area (Å²) in [5.74, 6) is -2.01. The lowest BCUT2D eigenvalue weighted by Crippen LogP contribution is -2.48. The molecule has 0 aromatic heterocycles. The second kappa shape index (κ2) is 7.21. The molecule has 0 amide bonds. The zero-order valence-corrected chi connectivity index (χ0v) is 18.9. The van der Waals surface area contributed by atoms with Crippen LogP contribution in [0.3, 0.4) is 0 Å². The molecule has 3 atom stereocenters. The molecule has 3 aromatic carbocycles. The molecule has 1 fully saturated rings. The Morgan fingerprint density at radius 2 is 1.62 bits per heavy atom. The summed E-state index contributed by atoms with van der Waals surface area (Å²) >= 11 is 6.22. The van der Waals surface area contributed by atoms with Crippen LogP contribution in [0.25, 0.3) is 6.08 Å². The number of hydrogen-bond acceptors (Lipinski definition) is 4. The van der Waals surface area contributed by atoms with E-state index in [1.807, 2.05) is 23.1 Å². The Morgan fingerprint density at radius 3 is 2.24 bits per heavy atom.